The maximum atomic E-state index is 5.71. The first-order valence-corrected chi connectivity index (χ1v) is 7.37. The van der Waals surface area contributed by atoms with E-state index in [9.17, 15) is 0 Å². The van der Waals surface area contributed by atoms with E-state index in [1.54, 1.807) is 0 Å². The van der Waals surface area contributed by atoms with Crippen molar-refractivity contribution in [1.82, 2.24) is 10.2 Å². The summed E-state index contributed by atoms with van der Waals surface area (Å²) in [6.07, 6.45) is 5.80. The minimum atomic E-state index is 0.413. The molecule has 3 atom stereocenters. The van der Waals surface area contributed by atoms with Gasteiger partial charge in [0.15, 0.2) is 0 Å². The fourth-order valence-corrected chi connectivity index (χ4v) is 3.36. The highest BCUT2D eigenvalue weighted by Gasteiger charge is 2.28. The van der Waals surface area contributed by atoms with Crippen molar-refractivity contribution in [3.63, 3.8) is 0 Å². The first-order valence-electron chi connectivity index (χ1n) is 7.37. The Bertz CT molecular complexity index is 222. The molecular formula is C14H28N2O. The Morgan fingerprint density at radius 1 is 1.29 bits per heavy atom. The predicted molar refractivity (Wildman–Crippen MR) is 71.3 cm³/mol. The Morgan fingerprint density at radius 2 is 2.18 bits per heavy atom. The van der Waals surface area contributed by atoms with Gasteiger partial charge in [-0.15, -0.1) is 0 Å². The average molecular weight is 240 g/mol. The minimum absolute atomic E-state index is 0.413. The van der Waals surface area contributed by atoms with Gasteiger partial charge in [0.25, 0.3) is 0 Å². The molecule has 1 saturated heterocycles. The monoisotopic (exact) mass is 240 g/mol. The standard InChI is InChI=1S/C14H28N2O/c1-3-15-14-7-4-6-13(14)11-16-8-5-9-17-12(2)10-16/h12-15H,3-11H2,1-2H3. The molecule has 1 aliphatic carbocycles. The van der Waals surface area contributed by atoms with Crippen LogP contribution in [0.2, 0.25) is 0 Å². The summed E-state index contributed by atoms with van der Waals surface area (Å²) in [7, 11) is 0. The molecule has 2 rings (SSSR count). The Labute approximate surface area is 106 Å². The quantitative estimate of drug-likeness (QED) is 0.812. The van der Waals surface area contributed by atoms with Crippen molar-refractivity contribution in [1.29, 1.82) is 0 Å². The van der Waals surface area contributed by atoms with Gasteiger partial charge in [0.1, 0.15) is 0 Å². The highest BCUT2D eigenvalue weighted by atomic mass is 16.5. The van der Waals surface area contributed by atoms with Crippen molar-refractivity contribution in [2.75, 3.05) is 32.8 Å². The van der Waals surface area contributed by atoms with Crippen LogP contribution in [0.15, 0.2) is 0 Å². The van der Waals surface area contributed by atoms with Gasteiger partial charge in [-0.05, 0) is 38.6 Å². The Kier molecular flexibility index (Phi) is 5.26. The Morgan fingerprint density at radius 3 is 3.00 bits per heavy atom. The molecule has 100 valence electrons. The van der Waals surface area contributed by atoms with E-state index in [2.05, 4.69) is 24.1 Å². The van der Waals surface area contributed by atoms with Crippen LogP contribution in [0.4, 0.5) is 0 Å². The van der Waals surface area contributed by atoms with Crippen molar-refractivity contribution >= 4 is 0 Å². The molecule has 0 aromatic rings. The van der Waals surface area contributed by atoms with Crippen molar-refractivity contribution in [2.45, 2.75) is 51.7 Å². The summed E-state index contributed by atoms with van der Waals surface area (Å²) < 4.78 is 5.71. The molecule has 0 aromatic heterocycles. The lowest BCUT2D eigenvalue weighted by molar-refractivity contribution is 0.0649. The van der Waals surface area contributed by atoms with Crippen LogP contribution in [0.3, 0.4) is 0 Å². The second kappa shape index (κ2) is 6.72. The molecule has 3 unspecified atom stereocenters. The van der Waals surface area contributed by atoms with Gasteiger partial charge in [-0.1, -0.05) is 13.3 Å². The summed E-state index contributed by atoms with van der Waals surface area (Å²) in [6.45, 7) is 10.1. The van der Waals surface area contributed by atoms with Gasteiger partial charge in [0, 0.05) is 32.3 Å². The highest BCUT2D eigenvalue weighted by Crippen LogP contribution is 2.27. The molecule has 1 aliphatic heterocycles. The zero-order valence-electron chi connectivity index (χ0n) is 11.5. The lowest BCUT2D eigenvalue weighted by atomic mass is 10.0. The molecule has 2 fully saturated rings. The van der Waals surface area contributed by atoms with Crippen LogP contribution in [0.1, 0.15) is 39.5 Å². The van der Waals surface area contributed by atoms with E-state index < -0.39 is 0 Å². The zero-order chi connectivity index (χ0) is 12.1. The van der Waals surface area contributed by atoms with Crippen LogP contribution < -0.4 is 5.32 Å². The lowest BCUT2D eigenvalue weighted by Gasteiger charge is -2.28. The molecule has 0 amide bonds. The number of ether oxygens (including phenoxy) is 1. The van der Waals surface area contributed by atoms with Crippen LogP contribution in [0.5, 0.6) is 0 Å². The number of nitrogens with one attached hydrogen (secondary N) is 1. The van der Waals surface area contributed by atoms with Gasteiger partial charge >= 0.3 is 0 Å². The van der Waals surface area contributed by atoms with E-state index in [1.165, 1.54) is 38.8 Å². The molecule has 0 aromatic carbocycles. The molecule has 0 radical (unpaired) electrons. The van der Waals surface area contributed by atoms with Gasteiger partial charge in [0.05, 0.1) is 6.10 Å². The summed E-state index contributed by atoms with van der Waals surface area (Å²) in [5.74, 6) is 0.861. The second-order valence-electron chi connectivity index (χ2n) is 5.65. The molecule has 0 spiro atoms. The van der Waals surface area contributed by atoms with E-state index in [4.69, 9.17) is 4.74 Å². The topological polar surface area (TPSA) is 24.5 Å². The molecule has 3 nitrogen and oxygen atoms in total. The van der Waals surface area contributed by atoms with Gasteiger partial charge in [-0.25, -0.2) is 0 Å². The Balaban J connectivity index is 1.81. The smallest absolute Gasteiger partial charge is 0.0673 e. The van der Waals surface area contributed by atoms with Gasteiger partial charge in [-0.3, -0.25) is 0 Å². The third kappa shape index (κ3) is 3.94. The molecule has 1 N–H and O–H groups in total. The zero-order valence-corrected chi connectivity index (χ0v) is 11.5. The van der Waals surface area contributed by atoms with Crippen molar-refractivity contribution in [3.8, 4) is 0 Å². The third-order valence-electron chi connectivity index (χ3n) is 4.15. The van der Waals surface area contributed by atoms with Crippen molar-refractivity contribution in [2.24, 2.45) is 5.92 Å². The summed E-state index contributed by atoms with van der Waals surface area (Å²) in [4.78, 5) is 2.62. The predicted octanol–water partition coefficient (Wildman–Crippen LogP) is 1.88. The number of rotatable bonds is 4. The highest BCUT2D eigenvalue weighted by molar-refractivity contribution is 4.85. The van der Waals surface area contributed by atoms with E-state index in [-0.39, 0.29) is 0 Å². The van der Waals surface area contributed by atoms with Crippen LogP contribution in [0, 0.1) is 5.92 Å². The maximum Gasteiger partial charge on any atom is 0.0673 e. The van der Waals surface area contributed by atoms with E-state index >= 15 is 0 Å². The fraction of sp³-hybridized carbons (Fsp3) is 1.00. The first kappa shape index (κ1) is 13.3. The van der Waals surface area contributed by atoms with Gasteiger partial charge in [0.2, 0.25) is 0 Å². The second-order valence-corrected chi connectivity index (χ2v) is 5.65. The fourth-order valence-electron chi connectivity index (χ4n) is 3.36. The van der Waals surface area contributed by atoms with Crippen molar-refractivity contribution < 1.29 is 4.74 Å². The SMILES string of the molecule is CCNC1CCCC1CN1CCCOC(C)C1. The summed E-state index contributed by atoms with van der Waals surface area (Å²) in [5, 5.41) is 3.65. The normalized spacial score (nSPS) is 36.0. The molecule has 17 heavy (non-hydrogen) atoms. The lowest BCUT2D eigenvalue weighted by Crippen LogP contribution is -2.41. The van der Waals surface area contributed by atoms with Gasteiger partial charge in [-0.2, -0.15) is 0 Å². The van der Waals surface area contributed by atoms with Crippen LogP contribution in [-0.2, 0) is 4.74 Å². The molecular weight excluding hydrogens is 212 g/mol. The molecule has 0 bridgehead atoms. The molecule has 1 saturated carbocycles. The van der Waals surface area contributed by atoms with Crippen LogP contribution >= 0.6 is 0 Å². The average Bonchev–Trinajstić information content (AvgIpc) is 2.61. The van der Waals surface area contributed by atoms with Crippen molar-refractivity contribution in [3.05, 3.63) is 0 Å². The summed E-state index contributed by atoms with van der Waals surface area (Å²) in [5.41, 5.74) is 0. The van der Waals surface area contributed by atoms with Crippen LogP contribution in [0.25, 0.3) is 0 Å². The number of nitrogens with zero attached hydrogens (tertiary/aromatic N) is 1. The first-order chi connectivity index (χ1) is 8.29. The maximum absolute atomic E-state index is 5.71. The third-order valence-corrected chi connectivity index (χ3v) is 4.15. The Hall–Kier alpha value is -0.120. The number of hydrogen-bond acceptors (Lipinski definition) is 3. The minimum Gasteiger partial charge on any atom is -0.377 e. The molecule has 1 heterocycles. The van der Waals surface area contributed by atoms with E-state index in [1.807, 2.05) is 0 Å². The number of hydrogen-bond donors (Lipinski definition) is 1. The molecule has 2 aliphatic rings. The summed E-state index contributed by atoms with van der Waals surface area (Å²) in [6, 6.07) is 0.763. The largest absolute Gasteiger partial charge is 0.377 e. The summed E-state index contributed by atoms with van der Waals surface area (Å²) >= 11 is 0. The van der Waals surface area contributed by atoms with Crippen LogP contribution in [-0.4, -0.2) is 49.8 Å². The van der Waals surface area contributed by atoms with E-state index in [0.717, 1.165) is 31.7 Å². The molecule has 3 heteroatoms. The van der Waals surface area contributed by atoms with Gasteiger partial charge < -0.3 is 15.0 Å². The van der Waals surface area contributed by atoms with E-state index in [0.29, 0.717) is 6.10 Å².